The van der Waals surface area contributed by atoms with Crippen LogP contribution in [0.5, 0.6) is 0 Å². The average molecular weight is 180 g/mol. The number of hydrogen-bond donors (Lipinski definition) is 0. The van der Waals surface area contributed by atoms with Gasteiger partial charge in [0.25, 0.3) is 0 Å². The maximum atomic E-state index is 11.4. The molecule has 0 heterocycles. The molecule has 2 atom stereocenters. The molecule has 0 bridgehead atoms. The van der Waals surface area contributed by atoms with Crippen LogP contribution in [0, 0.1) is 17.3 Å². The SMILES string of the molecule is CC(=O)[C@@H]1CC2(CCCC2)CC1C. The Kier molecular flexibility index (Phi) is 2.21. The van der Waals surface area contributed by atoms with Crippen molar-refractivity contribution in [1.29, 1.82) is 0 Å². The minimum absolute atomic E-state index is 0.387. The second kappa shape index (κ2) is 3.11. The van der Waals surface area contributed by atoms with Crippen molar-refractivity contribution in [3.05, 3.63) is 0 Å². The predicted octanol–water partition coefficient (Wildman–Crippen LogP) is 3.18. The smallest absolute Gasteiger partial charge is 0.133 e. The molecule has 74 valence electrons. The summed E-state index contributed by atoms with van der Waals surface area (Å²) in [7, 11) is 0. The highest BCUT2D eigenvalue weighted by Crippen LogP contribution is 2.54. The van der Waals surface area contributed by atoms with E-state index in [2.05, 4.69) is 6.92 Å². The average Bonchev–Trinajstić information content (AvgIpc) is 2.60. The Morgan fingerprint density at radius 2 is 1.85 bits per heavy atom. The van der Waals surface area contributed by atoms with Gasteiger partial charge in [0.15, 0.2) is 0 Å². The monoisotopic (exact) mass is 180 g/mol. The zero-order valence-electron chi connectivity index (χ0n) is 8.81. The van der Waals surface area contributed by atoms with E-state index in [1.54, 1.807) is 6.92 Å². The number of carbonyl (C=O) groups is 1. The molecule has 0 N–H and O–H groups in total. The van der Waals surface area contributed by atoms with Gasteiger partial charge >= 0.3 is 0 Å². The molecule has 1 unspecified atom stereocenters. The molecule has 2 saturated carbocycles. The first-order chi connectivity index (χ1) is 6.13. The van der Waals surface area contributed by atoms with Crippen molar-refractivity contribution in [2.45, 2.75) is 52.4 Å². The lowest BCUT2D eigenvalue weighted by Gasteiger charge is -2.22. The number of Topliss-reactive ketones (excluding diaryl/α,β-unsaturated/α-hetero) is 1. The molecule has 0 amide bonds. The summed E-state index contributed by atoms with van der Waals surface area (Å²) < 4.78 is 0. The summed E-state index contributed by atoms with van der Waals surface area (Å²) >= 11 is 0. The lowest BCUT2D eigenvalue weighted by Crippen LogP contribution is -2.14. The first-order valence-corrected chi connectivity index (χ1v) is 5.63. The van der Waals surface area contributed by atoms with Gasteiger partial charge < -0.3 is 0 Å². The summed E-state index contributed by atoms with van der Waals surface area (Å²) in [5.74, 6) is 1.46. The van der Waals surface area contributed by atoms with E-state index in [9.17, 15) is 4.79 Å². The molecule has 2 aliphatic carbocycles. The van der Waals surface area contributed by atoms with Gasteiger partial charge in [-0.15, -0.1) is 0 Å². The van der Waals surface area contributed by atoms with E-state index in [0.29, 0.717) is 23.0 Å². The lowest BCUT2D eigenvalue weighted by molar-refractivity contribution is -0.121. The minimum Gasteiger partial charge on any atom is -0.300 e. The Morgan fingerprint density at radius 1 is 1.23 bits per heavy atom. The van der Waals surface area contributed by atoms with E-state index >= 15 is 0 Å². The topological polar surface area (TPSA) is 17.1 Å². The fourth-order valence-corrected chi connectivity index (χ4v) is 3.65. The maximum absolute atomic E-state index is 11.4. The molecule has 0 aromatic heterocycles. The van der Waals surface area contributed by atoms with Gasteiger partial charge in [0.1, 0.15) is 5.78 Å². The van der Waals surface area contributed by atoms with Gasteiger partial charge in [0, 0.05) is 5.92 Å². The van der Waals surface area contributed by atoms with Crippen LogP contribution >= 0.6 is 0 Å². The van der Waals surface area contributed by atoms with Crippen molar-refractivity contribution >= 4 is 5.78 Å². The highest BCUT2D eigenvalue weighted by Gasteiger charge is 2.45. The van der Waals surface area contributed by atoms with Gasteiger partial charge in [-0.3, -0.25) is 4.79 Å². The zero-order chi connectivity index (χ0) is 9.47. The van der Waals surface area contributed by atoms with Gasteiger partial charge in [-0.05, 0) is 43.9 Å². The third-order valence-electron chi connectivity index (χ3n) is 4.28. The normalized spacial score (nSPS) is 37.1. The number of rotatable bonds is 1. The molecule has 2 fully saturated rings. The van der Waals surface area contributed by atoms with Crippen LogP contribution < -0.4 is 0 Å². The minimum atomic E-state index is 0.387. The van der Waals surface area contributed by atoms with Gasteiger partial charge in [-0.25, -0.2) is 0 Å². The van der Waals surface area contributed by atoms with E-state index in [1.807, 2.05) is 0 Å². The molecular formula is C12H20O. The molecule has 0 saturated heterocycles. The van der Waals surface area contributed by atoms with Crippen LogP contribution in [-0.2, 0) is 4.79 Å². The fourth-order valence-electron chi connectivity index (χ4n) is 3.65. The molecule has 0 aromatic rings. The zero-order valence-corrected chi connectivity index (χ0v) is 8.81. The van der Waals surface area contributed by atoms with Gasteiger partial charge in [0.05, 0.1) is 0 Å². The van der Waals surface area contributed by atoms with E-state index in [1.165, 1.54) is 38.5 Å². The highest BCUT2D eigenvalue weighted by molar-refractivity contribution is 5.79. The molecule has 1 heteroatoms. The van der Waals surface area contributed by atoms with Gasteiger partial charge in [-0.1, -0.05) is 19.8 Å². The van der Waals surface area contributed by atoms with Crippen LogP contribution in [0.15, 0.2) is 0 Å². The van der Waals surface area contributed by atoms with Gasteiger partial charge in [-0.2, -0.15) is 0 Å². The molecule has 1 spiro atoms. The second-order valence-corrected chi connectivity index (χ2v) is 5.31. The summed E-state index contributed by atoms with van der Waals surface area (Å²) in [5.41, 5.74) is 0.593. The first kappa shape index (κ1) is 9.23. The summed E-state index contributed by atoms with van der Waals surface area (Å²) in [6, 6.07) is 0. The molecular weight excluding hydrogens is 160 g/mol. The standard InChI is InChI=1S/C12H20O/c1-9-7-12(5-3-4-6-12)8-11(9)10(2)13/h9,11H,3-8H2,1-2H3/t9?,11-/m1/s1. The van der Waals surface area contributed by atoms with Crippen molar-refractivity contribution in [3.8, 4) is 0 Å². The molecule has 2 rings (SSSR count). The molecule has 0 aromatic carbocycles. The van der Waals surface area contributed by atoms with Crippen molar-refractivity contribution in [3.63, 3.8) is 0 Å². The Bertz CT molecular complexity index is 213. The lowest BCUT2D eigenvalue weighted by atomic mass is 9.83. The Labute approximate surface area is 80.9 Å². The summed E-state index contributed by atoms with van der Waals surface area (Å²) in [6.07, 6.45) is 8.09. The van der Waals surface area contributed by atoms with Crippen LogP contribution in [0.2, 0.25) is 0 Å². The molecule has 0 radical (unpaired) electrons. The van der Waals surface area contributed by atoms with Crippen LogP contribution in [0.4, 0.5) is 0 Å². The van der Waals surface area contributed by atoms with E-state index in [-0.39, 0.29) is 0 Å². The van der Waals surface area contributed by atoms with E-state index in [0.717, 1.165) is 0 Å². The van der Waals surface area contributed by atoms with Crippen molar-refractivity contribution < 1.29 is 4.79 Å². The van der Waals surface area contributed by atoms with Crippen LogP contribution in [0.25, 0.3) is 0 Å². The summed E-state index contributed by atoms with van der Waals surface area (Å²) in [5, 5.41) is 0. The summed E-state index contributed by atoms with van der Waals surface area (Å²) in [4.78, 5) is 11.4. The fraction of sp³-hybridized carbons (Fsp3) is 0.917. The van der Waals surface area contributed by atoms with E-state index < -0.39 is 0 Å². The molecule has 13 heavy (non-hydrogen) atoms. The Morgan fingerprint density at radius 3 is 2.31 bits per heavy atom. The first-order valence-electron chi connectivity index (χ1n) is 5.63. The number of carbonyl (C=O) groups excluding carboxylic acids is 1. The predicted molar refractivity (Wildman–Crippen MR) is 53.5 cm³/mol. The van der Waals surface area contributed by atoms with Crippen molar-refractivity contribution in [1.82, 2.24) is 0 Å². The Hall–Kier alpha value is -0.330. The quantitative estimate of drug-likeness (QED) is 0.605. The second-order valence-electron chi connectivity index (χ2n) is 5.31. The molecule has 0 aliphatic heterocycles. The van der Waals surface area contributed by atoms with E-state index in [4.69, 9.17) is 0 Å². The van der Waals surface area contributed by atoms with Crippen LogP contribution in [0.3, 0.4) is 0 Å². The summed E-state index contributed by atoms with van der Waals surface area (Å²) in [6.45, 7) is 4.04. The number of hydrogen-bond acceptors (Lipinski definition) is 1. The molecule has 1 nitrogen and oxygen atoms in total. The largest absolute Gasteiger partial charge is 0.300 e. The van der Waals surface area contributed by atoms with Crippen LogP contribution in [-0.4, -0.2) is 5.78 Å². The maximum Gasteiger partial charge on any atom is 0.133 e. The van der Waals surface area contributed by atoms with Crippen molar-refractivity contribution in [2.75, 3.05) is 0 Å². The third kappa shape index (κ3) is 1.53. The number of ketones is 1. The van der Waals surface area contributed by atoms with Crippen molar-refractivity contribution in [2.24, 2.45) is 17.3 Å². The Balaban J connectivity index is 2.09. The third-order valence-corrected chi connectivity index (χ3v) is 4.28. The molecule has 2 aliphatic rings. The van der Waals surface area contributed by atoms with Crippen LogP contribution in [0.1, 0.15) is 52.4 Å². The highest BCUT2D eigenvalue weighted by atomic mass is 16.1. The van der Waals surface area contributed by atoms with Gasteiger partial charge in [0.2, 0.25) is 0 Å².